The second-order valence-electron chi connectivity index (χ2n) is 8.76. The predicted octanol–water partition coefficient (Wildman–Crippen LogP) is 4.67. The molecule has 3 aliphatic rings. The lowest BCUT2D eigenvalue weighted by atomic mass is 9.92. The Morgan fingerprint density at radius 3 is 2.75 bits per heavy atom. The number of allylic oxidation sites excluding steroid dienone is 1. The fourth-order valence-electron chi connectivity index (χ4n) is 4.83. The van der Waals surface area contributed by atoms with Gasteiger partial charge in [-0.3, -0.25) is 9.59 Å². The van der Waals surface area contributed by atoms with Gasteiger partial charge in [0.15, 0.2) is 5.17 Å². The van der Waals surface area contributed by atoms with E-state index in [0.717, 1.165) is 17.7 Å². The van der Waals surface area contributed by atoms with Gasteiger partial charge in [-0.05, 0) is 49.3 Å². The van der Waals surface area contributed by atoms with Crippen molar-refractivity contribution in [3.8, 4) is 0 Å². The number of carbonyl (C=O) groups is 3. The molecule has 0 bridgehead atoms. The average Bonchev–Trinajstić information content (AvgIpc) is 3.29. The van der Waals surface area contributed by atoms with Crippen LogP contribution in [0.4, 0.5) is 0 Å². The molecule has 3 heterocycles. The molecule has 4 rings (SSSR count). The number of likely N-dealkylation sites (tertiary alicyclic amines) is 1. The monoisotopic (exact) mass is 531 g/mol. The summed E-state index contributed by atoms with van der Waals surface area (Å²) in [6, 6.07) is 6.82. The third-order valence-corrected chi connectivity index (χ3v) is 7.64. The van der Waals surface area contributed by atoms with Crippen LogP contribution in [0, 0.1) is 5.92 Å². The number of thioether (sulfide) groups is 1. The number of hydrogen-bond acceptors (Lipinski definition) is 8. The standard InChI is InChI=1S/C26H30ClN3O5S/c1-4-20-22(25(33)34-3)23(16-8-6-10-18(27)12-16)30-19(15-36-26(30)28-20)13-21(31)29-11-7-9-17(14-29)24(32)35-5-2/h6,8,10,12,15,17,23H,4-5,7,9,11,13-14H2,1-3H3. The van der Waals surface area contributed by atoms with Crippen LogP contribution in [0.5, 0.6) is 0 Å². The van der Waals surface area contributed by atoms with Crippen molar-refractivity contribution in [1.82, 2.24) is 9.80 Å². The number of methoxy groups -OCH3 is 1. The number of amides is 1. The molecule has 1 aromatic rings. The number of esters is 2. The zero-order valence-corrected chi connectivity index (χ0v) is 22.2. The van der Waals surface area contributed by atoms with Gasteiger partial charge in [0, 0.05) is 23.8 Å². The van der Waals surface area contributed by atoms with Gasteiger partial charge in [0.25, 0.3) is 0 Å². The van der Waals surface area contributed by atoms with Crippen molar-refractivity contribution in [1.29, 1.82) is 0 Å². The Bertz CT molecular complexity index is 1150. The zero-order valence-electron chi connectivity index (χ0n) is 20.7. The number of amidine groups is 1. The number of halogens is 1. The van der Waals surface area contributed by atoms with Crippen LogP contribution < -0.4 is 0 Å². The second kappa shape index (κ2) is 11.5. The van der Waals surface area contributed by atoms with Gasteiger partial charge >= 0.3 is 11.9 Å². The number of carbonyl (C=O) groups excluding carboxylic acids is 3. The number of rotatable bonds is 7. The highest BCUT2D eigenvalue weighted by Crippen LogP contribution is 2.46. The van der Waals surface area contributed by atoms with E-state index in [9.17, 15) is 14.4 Å². The minimum Gasteiger partial charge on any atom is -0.466 e. The van der Waals surface area contributed by atoms with Crippen molar-refractivity contribution >= 4 is 46.4 Å². The van der Waals surface area contributed by atoms with Crippen LogP contribution >= 0.6 is 23.4 Å². The van der Waals surface area contributed by atoms with E-state index in [-0.39, 0.29) is 24.2 Å². The lowest BCUT2D eigenvalue weighted by Gasteiger charge is -2.37. The summed E-state index contributed by atoms with van der Waals surface area (Å²) in [5.41, 5.74) is 2.64. The molecule has 1 saturated heterocycles. The van der Waals surface area contributed by atoms with E-state index in [2.05, 4.69) is 0 Å². The van der Waals surface area contributed by atoms with Crippen LogP contribution in [0.2, 0.25) is 5.02 Å². The molecule has 1 fully saturated rings. The number of fused-ring (bicyclic) bond motifs is 1. The van der Waals surface area contributed by atoms with Crippen molar-refractivity contribution in [2.24, 2.45) is 10.9 Å². The Labute approximate surface area is 220 Å². The summed E-state index contributed by atoms with van der Waals surface area (Å²) in [7, 11) is 1.35. The molecule has 192 valence electrons. The molecule has 10 heteroatoms. The van der Waals surface area contributed by atoms with Crippen LogP contribution in [-0.2, 0) is 23.9 Å². The zero-order chi connectivity index (χ0) is 25.8. The molecule has 2 unspecified atom stereocenters. The summed E-state index contributed by atoms with van der Waals surface area (Å²) < 4.78 is 10.3. The third-order valence-electron chi connectivity index (χ3n) is 6.52. The molecule has 0 aliphatic carbocycles. The van der Waals surface area contributed by atoms with Crippen molar-refractivity contribution in [2.75, 3.05) is 26.8 Å². The van der Waals surface area contributed by atoms with Crippen molar-refractivity contribution in [3.63, 3.8) is 0 Å². The molecule has 3 aliphatic heterocycles. The molecule has 1 aromatic carbocycles. The lowest BCUT2D eigenvalue weighted by Crippen LogP contribution is -2.44. The molecule has 0 aromatic heterocycles. The van der Waals surface area contributed by atoms with Gasteiger partial charge in [0.1, 0.15) is 0 Å². The molecule has 1 amide bonds. The topological polar surface area (TPSA) is 88.5 Å². The van der Waals surface area contributed by atoms with Gasteiger partial charge < -0.3 is 19.3 Å². The summed E-state index contributed by atoms with van der Waals surface area (Å²) in [6.07, 6.45) is 2.14. The van der Waals surface area contributed by atoms with E-state index in [1.807, 2.05) is 35.4 Å². The van der Waals surface area contributed by atoms with Crippen molar-refractivity contribution in [3.05, 3.63) is 57.2 Å². The van der Waals surface area contributed by atoms with Crippen LogP contribution in [-0.4, -0.2) is 59.6 Å². The summed E-state index contributed by atoms with van der Waals surface area (Å²) in [6.45, 7) is 5.00. The van der Waals surface area contributed by atoms with Gasteiger partial charge in [-0.2, -0.15) is 0 Å². The Balaban J connectivity index is 1.62. The average molecular weight is 532 g/mol. The molecule has 8 nitrogen and oxygen atoms in total. The number of benzene rings is 1. The van der Waals surface area contributed by atoms with Gasteiger partial charge in [-0.25, -0.2) is 9.79 Å². The number of piperidine rings is 1. The SMILES string of the molecule is CCOC(=O)C1CCCN(C(=O)CC2=CSC3=NC(CC)=C(C(=O)OC)C(c4cccc(Cl)c4)N23)C1. The highest BCUT2D eigenvalue weighted by Gasteiger charge is 2.42. The maximum Gasteiger partial charge on any atom is 0.338 e. The van der Waals surface area contributed by atoms with E-state index in [1.165, 1.54) is 18.9 Å². The van der Waals surface area contributed by atoms with E-state index in [0.29, 0.717) is 54.0 Å². The minimum absolute atomic E-state index is 0.0770. The van der Waals surface area contributed by atoms with Gasteiger partial charge in [-0.15, -0.1) is 0 Å². The number of nitrogens with zero attached hydrogens (tertiary/aromatic N) is 3. The first-order valence-corrected chi connectivity index (χ1v) is 13.4. The smallest absolute Gasteiger partial charge is 0.338 e. The lowest BCUT2D eigenvalue weighted by molar-refractivity contribution is -0.151. The van der Waals surface area contributed by atoms with Crippen molar-refractivity contribution in [2.45, 2.75) is 45.6 Å². The largest absolute Gasteiger partial charge is 0.466 e. The Morgan fingerprint density at radius 1 is 1.25 bits per heavy atom. The Morgan fingerprint density at radius 2 is 2.06 bits per heavy atom. The first-order chi connectivity index (χ1) is 17.4. The summed E-state index contributed by atoms with van der Waals surface area (Å²) in [4.78, 5) is 47.0. The molecule has 2 atom stereocenters. The van der Waals surface area contributed by atoms with Crippen LogP contribution in [0.15, 0.2) is 51.6 Å². The maximum atomic E-state index is 13.4. The van der Waals surface area contributed by atoms with E-state index in [1.54, 1.807) is 17.9 Å². The number of ether oxygens (including phenoxy) is 2. The normalized spacial score (nSPS) is 21.6. The first-order valence-electron chi connectivity index (χ1n) is 12.1. The van der Waals surface area contributed by atoms with Crippen LogP contribution in [0.25, 0.3) is 0 Å². The highest BCUT2D eigenvalue weighted by atomic mass is 35.5. The molecule has 0 spiro atoms. The molecule has 36 heavy (non-hydrogen) atoms. The van der Waals surface area contributed by atoms with Crippen LogP contribution in [0.1, 0.15) is 51.1 Å². The molecular weight excluding hydrogens is 502 g/mol. The summed E-state index contributed by atoms with van der Waals surface area (Å²) >= 11 is 7.75. The van der Waals surface area contributed by atoms with E-state index in [4.69, 9.17) is 26.1 Å². The fourth-order valence-corrected chi connectivity index (χ4v) is 5.96. The second-order valence-corrected chi connectivity index (χ2v) is 10.0. The predicted molar refractivity (Wildman–Crippen MR) is 139 cm³/mol. The first kappa shape index (κ1) is 26.3. The summed E-state index contributed by atoms with van der Waals surface area (Å²) in [5, 5.41) is 3.16. The fraction of sp³-hybridized carbons (Fsp3) is 0.462. The molecule has 0 radical (unpaired) electrons. The maximum absolute atomic E-state index is 13.4. The summed E-state index contributed by atoms with van der Waals surface area (Å²) in [5.74, 6) is -1.10. The third kappa shape index (κ3) is 5.32. The van der Waals surface area contributed by atoms with Gasteiger partial charge in [-0.1, -0.05) is 42.4 Å². The van der Waals surface area contributed by atoms with Gasteiger partial charge in [0.05, 0.1) is 43.4 Å². The molecular formula is C26H30ClN3O5S. The Kier molecular flexibility index (Phi) is 8.41. The van der Waals surface area contributed by atoms with Crippen molar-refractivity contribution < 1.29 is 23.9 Å². The van der Waals surface area contributed by atoms with Gasteiger partial charge in [0.2, 0.25) is 5.91 Å². The minimum atomic E-state index is -0.527. The van der Waals surface area contributed by atoms with Crippen LogP contribution in [0.3, 0.4) is 0 Å². The van der Waals surface area contributed by atoms with E-state index < -0.39 is 12.0 Å². The quantitative estimate of drug-likeness (QED) is 0.472. The number of aliphatic imine (C=N–C) groups is 1. The number of hydrogen-bond donors (Lipinski definition) is 0. The highest BCUT2D eigenvalue weighted by molar-refractivity contribution is 8.16. The molecule has 0 saturated carbocycles. The molecule has 0 N–H and O–H groups in total. The van der Waals surface area contributed by atoms with E-state index >= 15 is 0 Å². The Hall–Kier alpha value is -2.78.